The molecule has 0 bridgehead atoms. The van der Waals surface area contributed by atoms with Crippen molar-refractivity contribution in [3.8, 4) is 23.0 Å². The van der Waals surface area contributed by atoms with Gasteiger partial charge in [0.1, 0.15) is 11.5 Å². The van der Waals surface area contributed by atoms with Crippen LogP contribution in [0.5, 0.6) is 23.0 Å². The monoisotopic (exact) mass is 512 g/mol. The SMILES string of the molecule is COc1ccc(C(=O)Oc2ccc(C=NNC(=O)COc3ccc(Br)cc3)cc2OC)cc1. The molecule has 0 fully saturated rings. The number of ether oxygens (including phenoxy) is 4. The average molecular weight is 513 g/mol. The van der Waals surface area contributed by atoms with E-state index >= 15 is 0 Å². The first kappa shape index (κ1) is 23.8. The lowest BCUT2D eigenvalue weighted by Crippen LogP contribution is -2.24. The van der Waals surface area contributed by atoms with Gasteiger partial charge in [0.05, 0.1) is 26.0 Å². The fourth-order valence-electron chi connectivity index (χ4n) is 2.63. The largest absolute Gasteiger partial charge is 0.497 e. The number of halogens is 1. The first-order valence-electron chi connectivity index (χ1n) is 9.73. The van der Waals surface area contributed by atoms with Crippen LogP contribution in [0.25, 0.3) is 0 Å². The van der Waals surface area contributed by atoms with Gasteiger partial charge in [-0.1, -0.05) is 15.9 Å². The molecule has 33 heavy (non-hydrogen) atoms. The summed E-state index contributed by atoms with van der Waals surface area (Å²) in [6.45, 7) is -0.178. The molecule has 0 spiro atoms. The maximum absolute atomic E-state index is 12.4. The standard InChI is InChI=1S/C24H21BrN2O6/c1-30-19-8-4-17(5-9-19)24(29)33-21-12-3-16(13-22(21)31-2)14-26-27-23(28)15-32-20-10-6-18(25)7-11-20/h3-14H,15H2,1-2H3,(H,27,28). The smallest absolute Gasteiger partial charge is 0.343 e. The van der Waals surface area contributed by atoms with Crippen LogP contribution in [-0.4, -0.2) is 38.9 Å². The molecule has 1 amide bonds. The molecule has 0 heterocycles. The highest BCUT2D eigenvalue weighted by Gasteiger charge is 2.13. The van der Waals surface area contributed by atoms with Crippen molar-refractivity contribution in [2.75, 3.05) is 20.8 Å². The third-order valence-corrected chi connectivity index (χ3v) is 4.83. The minimum atomic E-state index is -0.532. The lowest BCUT2D eigenvalue weighted by molar-refractivity contribution is -0.123. The van der Waals surface area contributed by atoms with E-state index in [1.54, 1.807) is 61.7 Å². The summed E-state index contributed by atoms with van der Waals surface area (Å²) in [5.41, 5.74) is 3.39. The first-order valence-corrected chi connectivity index (χ1v) is 10.5. The number of esters is 1. The molecule has 0 atom stereocenters. The molecule has 170 valence electrons. The molecule has 0 unspecified atom stereocenters. The molecule has 0 saturated heterocycles. The number of hydrogen-bond acceptors (Lipinski definition) is 7. The second kappa shape index (κ2) is 11.7. The summed E-state index contributed by atoms with van der Waals surface area (Å²) >= 11 is 3.33. The number of carbonyl (C=O) groups is 2. The maximum atomic E-state index is 12.4. The van der Waals surface area contributed by atoms with Gasteiger partial charge in [0.2, 0.25) is 0 Å². The van der Waals surface area contributed by atoms with Crippen molar-refractivity contribution < 1.29 is 28.5 Å². The minimum absolute atomic E-state index is 0.178. The maximum Gasteiger partial charge on any atom is 0.343 e. The van der Waals surface area contributed by atoms with Crippen molar-refractivity contribution >= 4 is 34.0 Å². The van der Waals surface area contributed by atoms with Crippen LogP contribution in [-0.2, 0) is 4.79 Å². The second-order valence-electron chi connectivity index (χ2n) is 6.56. The van der Waals surface area contributed by atoms with Gasteiger partial charge in [-0.25, -0.2) is 10.2 Å². The number of hydrogen-bond donors (Lipinski definition) is 1. The number of benzene rings is 3. The lowest BCUT2D eigenvalue weighted by atomic mass is 10.2. The van der Waals surface area contributed by atoms with E-state index in [0.717, 1.165) is 4.47 Å². The molecule has 1 N–H and O–H groups in total. The van der Waals surface area contributed by atoms with Gasteiger partial charge in [-0.3, -0.25) is 4.79 Å². The molecule has 0 radical (unpaired) electrons. The van der Waals surface area contributed by atoms with Gasteiger partial charge in [0, 0.05) is 4.47 Å². The Morgan fingerprint density at radius 1 is 0.909 bits per heavy atom. The van der Waals surface area contributed by atoms with Gasteiger partial charge in [0.15, 0.2) is 18.1 Å². The third kappa shape index (κ3) is 7.08. The zero-order valence-electron chi connectivity index (χ0n) is 17.9. The molecule has 3 aromatic carbocycles. The Bertz CT molecular complexity index is 1130. The van der Waals surface area contributed by atoms with E-state index in [-0.39, 0.29) is 12.4 Å². The van der Waals surface area contributed by atoms with E-state index in [9.17, 15) is 9.59 Å². The Morgan fingerprint density at radius 2 is 1.61 bits per heavy atom. The number of amides is 1. The molecule has 8 nitrogen and oxygen atoms in total. The molecule has 3 rings (SSSR count). The van der Waals surface area contributed by atoms with Crippen LogP contribution in [0.15, 0.2) is 76.3 Å². The Labute approximate surface area is 199 Å². The van der Waals surface area contributed by atoms with E-state index < -0.39 is 11.9 Å². The van der Waals surface area contributed by atoms with Crippen LogP contribution in [0.3, 0.4) is 0 Å². The van der Waals surface area contributed by atoms with Gasteiger partial charge in [-0.2, -0.15) is 5.10 Å². The molecule has 0 aliphatic heterocycles. The summed E-state index contributed by atoms with van der Waals surface area (Å²) in [5, 5.41) is 3.91. The number of nitrogens with zero attached hydrogens (tertiary/aromatic N) is 1. The molecule has 0 aromatic heterocycles. The van der Waals surface area contributed by atoms with Crippen molar-refractivity contribution in [3.63, 3.8) is 0 Å². The summed E-state index contributed by atoms with van der Waals surface area (Å²) < 4.78 is 22.1. The zero-order chi connectivity index (χ0) is 23.6. The zero-order valence-corrected chi connectivity index (χ0v) is 19.5. The van der Waals surface area contributed by atoms with Gasteiger partial charge in [0.25, 0.3) is 5.91 Å². The summed E-state index contributed by atoms with van der Waals surface area (Å²) in [7, 11) is 3.01. The Balaban J connectivity index is 1.55. The molecule has 0 aliphatic carbocycles. The summed E-state index contributed by atoms with van der Waals surface area (Å²) in [6, 6.07) is 18.6. The van der Waals surface area contributed by atoms with Gasteiger partial charge < -0.3 is 18.9 Å². The molecule has 0 saturated carbocycles. The second-order valence-corrected chi connectivity index (χ2v) is 7.48. The Morgan fingerprint density at radius 3 is 2.27 bits per heavy atom. The van der Waals surface area contributed by atoms with E-state index in [1.807, 2.05) is 12.1 Å². The van der Waals surface area contributed by atoms with Crippen molar-refractivity contribution in [2.24, 2.45) is 5.10 Å². The highest BCUT2D eigenvalue weighted by molar-refractivity contribution is 9.10. The minimum Gasteiger partial charge on any atom is -0.497 e. The number of rotatable bonds is 9. The predicted molar refractivity (Wildman–Crippen MR) is 126 cm³/mol. The van der Waals surface area contributed by atoms with Crippen LogP contribution in [0.2, 0.25) is 0 Å². The topological polar surface area (TPSA) is 95.5 Å². The van der Waals surface area contributed by atoms with Gasteiger partial charge in [-0.15, -0.1) is 0 Å². The van der Waals surface area contributed by atoms with Crippen molar-refractivity contribution in [3.05, 3.63) is 82.3 Å². The molecule has 3 aromatic rings. The molecule has 0 aliphatic rings. The summed E-state index contributed by atoms with van der Waals surface area (Å²) in [5.74, 6) is 0.858. The van der Waals surface area contributed by atoms with Crippen molar-refractivity contribution in [1.82, 2.24) is 5.43 Å². The van der Waals surface area contributed by atoms with E-state index in [0.29, 0.717) is 28.4 Å². The summed E-state index contributed by atoms with van der Waals surface area (Å²) in [6.07, 6.45) is 1.44. The fraction of sp³-hybridized carbons (Fsp3) is 0.125. The van der Waals surface area contributed by atoms with Crippen LogP contribution in [0, 0.1) is 0 Å². The van der Waals surface area contributed by atoms with E-state index in [1.165, 1.54) is 13.3 Å². The van der Waals surface area contributed by atoms with Crippen LogP contribution >= 0.6 is 15.9 Å². The van der Waals surface area contributed by atoms with Crippen LogP contribution in [0.4, 0.5) is 0 Å². The molecular weight excluding hydrogens is 492 g/mol. The predicted octanol–water partition coefficient (Wildman–Crippen LogP) is 4.21. The number of methoxy groups -OCH3 is 2. The average Bonchev–Trinajstić information content (AvgIpc) is 2.84. The normalized spacial score (nSPS) is 10.5. The van der Waals surface area contributed by atoms with Gasteiger partial charge in [-0.05, 0) is 72.3 Å². The lowest BCUT2D eigenvalue weighted by Gasteiger charge is -2.10. The van der Waals surface area contributed by atoms with E-state index in [4.69, 9.17) is 18.9 Å². The Kier molecular flexibility index (Phi) is 8.43. The Hall–Kier alpha value is -3.85. The molecule has 9 heteroatoms. The van der Waals surface area contributed by atoms with Crippen molar-refractivity contribution in [1.29, 1.82) is 0 Å². The van der Waals surface area contributed by atoms with Crippen molar-refractivity contribution in [2.45, 2.75) is 0 Å². The number of hydrazone groups is 1. The van der Waals surface area contributed by atoms with Crippen LogP contribution in [0.1, 0.15) is 15.9 Å². The summed E-state index contributed by atoms with van der Waals surface area (Å²) in [4.78, 5) is 24.3. The number of carbonyl (C=O) groups excluding carboxylic acids is 2. The highest BCUT2D eigenvalue weighted by Crippen LogP contribution is 2.28. The third-order valence-electron chi connectivity index (χ3n) is 4.30. The number of nitrogens with one attached hydrogen (secondary N) is 1. The van der Waals surface area contributed by atoms with Crippen LogP contribution < -0.4 is 24.4 Å². The molecular formula is C24H21BrN2O6. The highest BCUT2D eigenvalue weighted by atomic mass is 79.9. The van der Waals surface area contributed by atoms with E-state index in [2.05, 4.69) is 26.5 Å². The van der Waals surface area contributed by atoms with Gasteiger partial charge >= 0.3 is 5.97 Å². The fourth-order valence-corrected chi connectivity index (χ4v) is 2.89. The first-order chi connectivity index (χ1) is 16.0. The quantitative estimate of drug-likeness (QED) is 0.199.